The Balaban J connectivity index is 0.00000304. The monoisotopic (exact) mass is 590 g/mol. The fraction of sp³-hybridized carbons (Fsp3) is 0.875. The summed E-state index contributed by atoms with van der Waals surface area (Å²) in [6, 6.07) is 0.555. The average Bonchev–Trinajstić information content (AvgIpc) is 2.78. The number of nitrogens with zero attached hydrogens (tertiary/aromatic N) is 1. The van der Waals surface area contributed by atoms with E-state index in [-0.39, 0.29) is 34.7 Å². The van der Waals surface area contributed by atoms with Gasteiger partial charge in [0.25, 0.3) is 0 Å². The number of nitrogens with one attached hydrogen (secondary N) is 1. The molecular weight excluding hydrogens is 528 g/mol. The van der Waals surface area contributed by atoms with Crippen LogP contribution >= 0.6 is 11.6 Å². The van der Waals surface area contributed by atoms with Crippen LogP contribution in [0.4, 0.5) is 0 Å². The van der Waals surface area contributed by atoms with Crippen molar-refractivity contribution in [2.45, 2.75) is 99.0 Å². The fourth-order valence-corrected chi connectivity index (χ4v) is 9.94. The Hall–Kier alpha value is -0.510. The first kappa shape index (κ1) is 39.5. The van der Waals surface area contributed by atoms with Gasteiger partial charge >= 0.3 is 0 Å². The first-order valence-corrected chi connectivity index (χ1v) is 15.1. The Morgan fingerprint density at radius 1 is 1.05 bits per heavy atom. The maximum atomic E-state index is 10.2. The predicted octanol–water partition coefficient (Wildman–Crippen LogP) is 3.95. The topological polar surface area (TPSA) is 162 Å². The highest BCUT2D eigenvalue weighted by Crippen LogP contribution is 2.66. The van der Waals surface area contributed by atoms with Crippen molar-refractivity contribution < 1.29 is 27.0 Å². The Kier molecular flexibility index (Phi) is 15.1. The molecule has 8 heteroatoms. The minimum absolute atomic E-state index is 0. The van der Waals surface area contributed by atoms with Crippen LogP contribution in [-0.2, 0) is 0 Å². The van der Waals surface area contributed by atoms with Crippen molar-refractivity contribution >= 4 is 11.6 Å². The van der Waals surface area contributed by atoms with Crippen LogP contribution in [0.15, 0.2) is 23.3 Å². The molecule has 0 aromatic heterocycles. The summed E-state index contributed by atoms with van der Waals surface area (Å²) in [6.45, 7) is 14.9. The first-order valence-electron chi connectivity index (χ1n) is 14.7. The number of aliphatic hydroxyl groups is 1. The molecule has 238 valence electrons. The standard InChI is InChI=1S/C31H51ClN2O.CH4.4H2O/c1-22(2)28(18-34-12-9-27(29(3,4)20-34)25-5-7-26(32)8-6-25)33-11-10-30-14-23-13-24(15-30)17-31(16-23,19-30)21-35;;;;;/h5,7-8,22-25,27-28,33,35H,6,9-21H2,1-4H3;1H4;4*1H2/t23?,24?,25?,27?,28-,30?,31?;;;;;/m0...../s1. The third-order valence-electron chi connectivity index (χ3n) is 11.0. The molecule has 6 rings (SSSR count). The van der Waals surface area contributed by atoms with Crippen molar-refractivity contribution in [3.05, 3.63) is 23.3 Å². The van der Waals surface area contributed by atoms with E-state index in [1.54, 1.807) is 0 Å². The molecule has 1 heterocycles. The van der Waals surface area contributed by atoms with Gasteiger partial charge in [-0.1, -0.05) is 58.9 Å². The van der Waals surface area contributed by atoms with E-state index in [9.17, 15) is 5.11 Å². The number of piperidine rings is 1. The van der Waals surface area contributed by atoms with E-state index in [1.165, 1.54) is 71.0 Å². The summed E-state index contributed by atoms with van der Waals surface area (Å²) in [7, 11) is 0. The molecule has 10 N–H and O–H groups in total. The summed E-state index contributed by atoms with van der Waals surface area (Å²) in [5, 5.41) is 15.2. The van der Waals surface area contributed by atoms with Gasteiger partial charge in [0.2, 0.25) is 0 Å². The largest absolute Gasteiger partial charge is 0.412 e. The smallest absolute Gasteiger partial charge is 0.0487 e. The third-order valence-corrected chi connectivity index (χ3v) is 11.2. The van der Waals surface area contributed by atoms with Crippen molar-refractivity contribution in [3.8, 4) is 0 Å². The first-order chi connectivity index (χ1) is 16.6. The van der Waals surface area contributed by atoms with E-state index in [1.807, 2.05) is 0 Å². The van der Waals surface area contributed by atoms with E-state index < -0.39 is 0 Å². The fourth-order valence-electron chi connectivity index (χ4n) is 9.78. The van der Waals surface area contributed by atoms with Gasteiger partial charge in [0.1, 0.15) is 0 Å². The normalized spacial score (nSPS) is 36.2. The summed E-state index contributed by atoms with van der Waals surface area (Å²) in [5.41, 5.74) is 1.10. The Bertz CT molecular complexity index is 818. The molecule has 4 unspecified atom stereocenters. The summed E-state index contributed by atoms with van der Waals surface area (Å²) in [5.74, 6) is 3.79. The molecule has 0 radical (unpaired) electrons. The van der Waals surface area contributed by atoms with Gasteiger partial charge in [0.05, 0.1) is 0 Å². The highest BCUT2D eigenvalue weighted by atomic mass is 35.5. The van der Waals surface area contributed by atoms with Gasteiger partial charge in [-0.2, -0.15) is 0 Å². The maximum Gasteiger partial charge on any atom is 0.0487 e. The van der Waals surface area contributed by atoms with Crippen LogP contribution in [0.5, 0.6) is 0 Å². The number of aliphatic hydroxyl groups excluding tert-OH is 1. The van der Waals surface area contributed by atoms with Crippen LogP contribution in [0.1, 0.15) is 92.9 Å². The lowest BCUT2D eigenvalue weighted by Crippen LogP contribution is -2.55. The molecule has 0 aromatic carbocycles. The molecule has 0 amide bonds. The van der Waals surface area contributed by atoms with Crippen LogP contribution < -0.4 is 5.32 Å². The summed E-state index contributed by atoms with van der Waals surface area (Å²) >= 11 is 6.19. The quantitative estimate of drug-likeness (QED) is 0.416. The van der Waals surface area contributed by atoms with Crippen molar-refractivity contribution in [3.63, 3.8) is 0 Å². The lowest BCUT2D eigenvalue weighted by Gasteiger charge is -2.62. The molecule has 7 nitrogen and oxygen atoms in total. The number of hydrogen-bond acceptors (Lipinski definition) is 3. The lowest BCUT2D eigenvalue weighted by atomic mass is 9.43. The van der Waals surface area contributed by atoms with Crippen LogP contribution in [0.25, 0.3) is 0 Å². The third kappa shape index (κ3) is 8.31. The van der Waals surface area contributed by atoms with Gasteiger partial charge in [0.15, 0.2) is 0 Å². The molecule has 5 fully saturated rings. The number of hydrogen-bond donors (Lipinski definition) is 2. The summed E-state index contributed by atoms with van der Waals surface area (Å²) in [4.78, 5) is 2.75. The van der Waals surface area contributed by atoms with E-state index in [2.05, 4.69) is 56.1 Å². The van der Waals surface area contributed by atoms with E-state index in [4.69, 9.17) is 11.6 Å². The summed E-state index contributed by atoms with van der Waals surface area (Å²) < 4.78 is 0. The van der Waals surface area contributed by atoms with Crippen molar-refractivity contribution in [1.29, 1.82) is 0 Å². The van der Waals surface area contributed by atoms with Crippen LogP contribution in [-0.4, -0.2) is 70.7 Å². The highest BCUT2D eigenvalue weighted by molar-refractivity contribution is 6.31. The molecule has 4 bridgehead atoms. The van der Waals surface area contributed by atoms with Gasteiger partial charge in [-0.3, -0.25) is 0 Å². The predicted molar refractivity (Wildman–Crippen MR) is 169 cm³/mol. The Morgan fingerprint density at radius 3 is 2.20 bits per heavy atom. The molecule has 40 heavy (non-hydrogen) atoms. The molecule has 1 saturated heterocycles. The lowest BCUT2D eigenvalue weighted by molar-refractivity contribution is -0.132. The zero-order chi connectivity index (χ0) is 24.8. The number of rotatable bonds is 9. The second-order valence-electron chi connectivity index (χ2n) is 14.6. The second-order valence-corrected chi connectivity index (χ2v) is 15.1. The molecule has 5 aliphatic carbocycles. The van der Waals surface area contributed by atoms with Crippen LogP contribution in [0.3, 0.4) is 0 Å². The Labute approximate surface area is 249 Å². The van der Waals surface area contributed by atoms with Gasteiger partial charge < -0.3 is 37.2 Å². The van der Waals surface area contributed by atoms with E-state index >= 15 is 0 Å². The molecule has 5 atom stereocenters. The Morgan fingerprint density at radius 2 is 1.68 bits per heavy atom. The van der Waals surface area contributed by atoms with Gasteiger partial charge in [-0.25, -0.2) is 0 Å². The van der Waals surface area contributed by atoms with Crippen molar-refractivity contribution in [2.75, 3.05) is 32.8 Å². The van der Waals surface area contributed by atoms with Gasteiger partial charge in [-0.05, 0) is 123 Å². The van der Waals surface area contributed by atoms with Crippen molar-refractivity contribution in [1.82, 2.24) is 10.2 Å². The molecule has 0 spiro atoms. The average molecular weight is 591 g/mol. The molecule has 0 aromatic rings. The second kappa shape index (κ2) is 15.3. The molecule has 4 saturated carbocycles. The number of allylic oxidation sites excluding steroid dienone is 4. The highest BCUT2D eigenvalue weighted by Gasteiger charge is 2.56. The molecule has 6 aliphatic rings. The zero-order valence-corrected chi connectivity index (χ0v) is 25.6. The SMILES string of the molecule is C.CC(C)[C@H](CN1CCC(C2C=CC(Cl)=CC2)C(C)(C)C1)NCCC12CC3CC(CC(CO)(C3)C1)C2.O.O.O.O. The zero-order valence-electron chi connectivity index (χ0n) is 24.9. The van der Waals surface area contributed by atoms with Gasteiger partial charge in [-0.15, -0.1) is 0 Å². The summed E-state index contributed by atoms with van der Waals surface area (Å²) in [6.07, 6.45) is 18.6. The van der Waals surface area contributed by atoms with Gasteiger partial charge in [0, 0.05) is 30.8 Å². The minimum Gasteiger partial charge on any atom is -0.412 e. The van der Waals surface area contributed by atoms with Crippen LogP contribution in [0.2, 0.25) is 0 Å². The van der Waals surface area contributed by atoms with Crippen molar-refractivity contribution in [2.24, 2.45) is 45.8 Å². The number of halogens is 1. The van der Waals surface area contributed by atoms with Crippen LogP contribution in [0, 0.1) is 45.8 Å². The molecular formula is C32H63ClN2O5. The van der Waals surface area contributed by atoms with E-state index in [0.29, 0.717) is 35.3 Å². The van der Waals surface area contributed by atoms with E-state index in [0.717, 1.165) is 35.8 Å². The minimum atomic E-state index is 0. The number of likely N-dealkylation sites (tertiary alicyclic amines) is 1. The maximum absolute atomic E-state index is 10.2. The molecule has 1 aliphatic heterocycles.